The number of benzene rings is 1. The summed E-state index contributed by atoms with van der Waals surface area (Å²) in [6.45, 7) is -0.306. The number of sulfonamides is 1. The van der Waals surface area contributed by atoms with Gasteiger partial charge in [-0.15, -0.1) is 23.7 Å². The van der Waals surface area contributed by atoms with Crippen molar-refractivity contribution in [2.45, 2.75) is 17.4 Å². The lowest BCUT2D eigenvalue weighted by atomic mass is 10.1. The maximum absolute atomic E-state index is 13.0. The second-order valence-electron chi connectivity index (χ2n) is 7.16. The van der Waals surface area contributed by atoms with Crippen molar-refractivity contribution in [3.05, 3.63) is 82.6 Å². The number of nitrogens with zero attached hydrogens (tertiary/aromatic N) is 2. The summed E-state index contributed by atoms with van der Waals surface area (Å²) in [5.41, 5.74) is 0.452. The van der Waals surface area contributed by atoms with Crippen LogP contribution < -0.4 is 10.0 Å². The average molecular weight is 539 g/mol. The van der Waals surface area contributed by atoms with Crippen molar-refractivity contribution in [1.29, 1.82) is 0 Å². The third-order valence-corrected chi connectivity index (χ3v) is 7.54. The lowest BCUT2D eigenvalue weighted by Crippen LogP contribution is -2.30. The van der Waals surface area contributed by atoms with Gasteiger partial charge < -0.3 is 10.4 Å². The van der Waals surface area contributed by atoms with Gasteiger partial charge in [0.1, 0.15) is 17.3 Å². The highest BCUT2D eigenvalue weighted by Gasteiger charge is 2.24. The Bertz CT molecular complexity index is 1400. The maximum Gasteiger partial charge on any atom is 0.322 e. The predicted octanol–water partition coefficient (Wildman–Crippen LogP) is 4.53. The van der Waals surface area contributed by atoms with Gasteiger partial charge in [-0.2, -0.15) is 0 Å². The summed E-state index contributed by atoms with van der Waals surface area (Å²) in [7, 11) is -3.89. The third-order valence-electron chi connectivity index (χ3n) is 4.73. The Kier molecular flexibility index (Phi) is 8.45. The van der Waals surface area contributed by atoms with Crippen LogP contribution in [0.2, 0.25) is 5.02 Å². The summed E-state index contributed by atoms with van der Waals surface area (Å²) < 4.78 is 29.8. The number of fused-ring (bicyclic) bond motifs is 1. The number of carboxylic acids is 1. The van der Waals surface area contributed by atoms with E-state index in [0.717, 1.165) is 15.0 Å². The molecule has 0 saturated carbocycles. The summed E-state index contributed by atoms with van der Waals surface area (Å²) in [6.07, 6.45) is 3.11. The number of halogens is 2. The second-order valence-corrected chi connectivity index (χ2v) is 10.5. The fraction of sp³-hybridized carbons (Fsp3) is 0.136. The predicted molar refractivity (Wildman–Crippen MR) is 135 cm³/mol. The van der Waals surface area contributed by atoms with E-state index in [2.05, 4.69) is 20.0 Å². The molecule has 1 unspecified atom stereocenters. The van der Waals surface area contributed by atoms with Crippen LogP contribution in [0.1, 0.15) is 16.6 Å². The number of carbonyl (C=O) groups is 1. The van der Waals surface area contributed by atoms with E-state index < -0.39 is 22.0 Å². The van der Waals surface area contributed by atoms with Crippen LogP contribution >= 0.6 is 35.3 Å². The SMILES string of the molecule is Cl.O=C(O)CNc1cccc(C(Cc2cc3ccc(Cl)cc3s2)NS(=O)(=O)c2cccnc2)n1. The molecule has 0 saturated heterocycles. The Morgan fingerprint density at radius 3 is 2.71 bits per heavy atom. The Labute approximate surface area is 211 Å². The molecule has 0 aliphatic rings. The molecule has 4 aromatic rings. The molecule has 4 rings (SSSR count). The first-order valence-corrected chi connectivity index (χ1v) is 12.5. The van der Waals surface area contributed by atoms with E-state index >= 15 is 0 Å². The van der Waals surface area contributed by atoms with Gasteiger partial charge in [0.25, 0.3) is 0 Å². The van der Waals surface area contributed by atoms with Crippen molar-refractivity contribution in [3.63, 3.8) is 0 Å². The van der Waals surface area contributed by atoms with E-state index in [0.29, 0.717) is 23.0 Å². The number of rotatable bonds is 9. The molecule has 1 atom stereocenters. The number of aromatic nitrogens is 2. The Balaban J connectivity index is 0.00000324. The third kappa shape index (κ3) is 6.43. The molecule has 34 heavy (non-hydrogen) atoms. The van der Waals surface area contributed by atoms with Crippen LogP contribution in [-0.4, -0.2) is 36.0 Å². The van der Waals surface area contributed by atoms with Gasteiger partial charge >= 0.3 is 5.97 Å². The van der Waals surface area contributed by atoms with Gasteiger partial charge in [0.05, 0.1) is 11.7 Å². The van der Waals surface area contributed by atoms with Crippen molar-refractivity contribution in [2.24, 2.45) is 0 Å². The number of hydrogen-bond acceptors (Lipinski definition) is 7. The highest BCUT2D eigenvalue weighted by Crippen LogP contribution is 2.31. The van der Waals surface area contributed by atoms with Crippen LogP contribution in [0.5, 0.6) is 0 Å². The molecule has 8 nitrogen and oxygen atoms in total. The topological polar surface area (TPSA) is 121 Å². The minimum Gasteiger partial charge on any atom is -0.480 e. The molecule has 0 radical (unpaired) electrons. The quantitative estimate of drug-likeness (QED) is 0.286. The molecular weight excluding hydrogens is 519 g/mol. The number of pyridine rings is 2. The zero-order valence-electron chi connectivity index (χ0n) is 17.5. The van der Waals surface area contributed by atoms with E-state index in [4.69, 9.17) is 16.7 Å². The fourth-order valence-electron chi connectivity index (χ4n) is 3.24. The molecule has 0 spiro atoms. The molecule has 0 aliphatic heterocycles. The minimum atomic E-state index is -3.89. The van der Waals surface area contributed by atoms with Crippen LogP contribution in [-0.2, 0) is 21.2 Å². The number of anilines is 1. The van der Waals surface area contributed by atoms with Crippen molar-refractivity contribution in [3.8, 4) is 0 Å². The minimum absolute atomic E-state index is 0. The van der Waals surface area contributed by atoms with Gasteiger partial charge in [-0.1, -0.05) is 23.7 Å². The summed E-state index contributed by atoms with van der Waals surface area (Å²) >= 11 is 7.63. The normalized spacial score (nSPS) is 12.1. The highest BCUT2D eigenvalue weighted by molar-refractivity contribution is 7.89. The van der Waals surface area contributed by atoms with Gasteiger partial charge in [-0.05, 0) is 47.9 Å². The van der Waals surface area contributed by atoms with Crippen molar-refractivity contribution in [1.82, 2.24) is 14.7 Å². The molecule has 0 bridgehead atoms. The highest BCUT2D eigenvalue weighted by atomic mass is 35.5. The zero-order valence-corrected chi connectivity index (χ0v) is 20.7. The van der Waals surface area contributed by atoms with Crippen molar-refractivity contribution < 1.29 is 18.3 Å². The number of thiophene rings is 1. The Morgan fingerprint density at radius 1 is 1.15 bits per heavy atom. The monoisotopic (exact) mass is 538 g/mol. The first kappa shape index (κ1) is 25.9. The van der Waals surface area contributed by atoms with Crippen LogP contribution in [0, 0.1) is 0 Å². The Morgan fingerprint density at radius 2 is 1.97 bits per heavy atom. The number of aliphatic carboxylic acids is 1. The van der Waals surface area contributed by atoms with Crippen molar-refractivity contribution in [2.75, 3.05) is 11.9 Å². The lowest BCUT2D eigenvalue weighted by molar-refractivity contribution is -0.134. The van der Waals surface area contributed by atoms with E-state index in [-0.39, 0.29) is 23.8 Å². The molecule has 0 fully saturated rings. The van der Waals surface area contributed by atoms with E-state index in [1.165, 1.54) is 29.8 Å². The van der Waals surface area contributed by atoms with Crippen LogP contribution in [0.25, 0.3) is 10.1 Å². The second kappa shape index (κ2) is 11.1. The lowest BCUT2D eigenvalue weighted by Gasteiger charge is -2.18. The fourth-order valence-corrected chi connectivity index (χ4v) is 5.80. The molecular formula is C22H20Cl2N4O4S2. The van der Waals surface area contributed by atoms with E-state index in [1.54, 1.807) is 24.3 Å². The van der Waals surface area contributed by atoms with Crippen LogP contribution in [0.3, 0.4) is 0 Å². The smallest absolute Gasteiger partial charge is 0.322 e. The van der Waals surface area contributed by atoms with Gasteiger partial charge in [0.2, 0.25) is 10.0 Å². The zero-order chi connectivity index (χ0) is 23.4. The summed E-state index contributed by atoms with van der Waals surface area (Å²) in [6, 6.07) is 14.9. The molecule has 12 heteroatoms. The van der Waals surface area contributed by atoms with Gasteiger partial charge in [-0.3, -0.25) is 9.78 Å². The molecule has 0 aliphatic carbocycles. The summed E-state index contributed by atoms with van der Waals surface area (Å²) in [5.74, 6) is -0.691. The first-order valence-electron chi connectivity index (χ1n) is 9.83. The van der Waals surface area contributed by atoms with Gasteiger partial charge in [0, 0.05) is 33.4 Å². The number of hydrogen-bond donors (Lipinski definition) is 3. The molecule has 1 aromatic carbocycles. The average Bonchev–Trinajstić information content (AvgIpc) is 3.19. The van der Waals surface area contributed by atoms with Gasteiger partial charge in [0.15, 0.2) is 0 Å². The summed E-state index contributed by atoms with van der Waals surface area (Å²) in [4.78, 5) is 20.2. The molecule has 0 amide bonds. The molecule has 3 heterocycles. The molecule has 3 aromatic heterocycles. The number of carboxylic acid groups (broad SMARTS) is 1. The van der Waals surface area contributed by atoms with Crippen LogP contribution in [0.4, 0.5) is 5.82 Å². The van der Waals surface area contributed by atoms with Crippen molar-refractivity contribution >= 4 is 67.2 Å². The number of nitrogens with one attached hydrogen (secondary N) is 2. The standard InChI is InChI=1S/C22H19ClN4O4S2.ClH/c23-15-7-6-14-9-16(32-20(14)10-15)11-19(27-33(30,31)17-3-2-8-24-12-17)18-4-1-5-21(26-18)25-13-22(28)29;/h1-10,12,19,27H,11,13H2,(H,25,26)(H,28,29);1H. The first-order chi connectivity index (χ1) is 15.8. The molecule has 3 N–H and O–H groups in total. The molecule has 178 valence electrons. The van der Waals surface area contributed by atoms with E-state index in [1.807, 2.05) is 24.3 Å². The van der Waals surface area contributed by atoms with E-state index in [9.17, 15) is 13.2 Å². The Hall–Kier alpha value is -2.76. The maximum atomic E-state index is 13.0. The van der Waals surface area contributed by atoms with Crippen LogP contribution in [0.15, 0.2) is 71.9 Å². The summed E-state index contributed by atoms with van der Waals surface area (Å²) in [5, 5.41) is 13.3. The largest absolute Gasteiger partial charge is 0.480 e. The van der Waals surface area contributed by atoms with Gasteiger partial charge in [-0.25, -0.2) is 18.1 Å².